The van der Waals surface area contributed by atoms with Crippen molar-refractivity contribution in [2.45, 2.75) is 56.7 Å². The maximum Gasteiger partial charge on any atom is 0.252 e. The van der Waals surface area contributed by atoms with Crippen molar-refractivity contribution in [1.29, 1.82) is 0 Å². The van der Waals surface area contributed by atoms with Crippen LogP contribution in [0, 0.1) is 11.8 Å². The number of primary amides is 1. The van der Waals surface area contributed by atoms with E-state index in [1.165, 1.54) is 0 Å². The van der Waals surface area contributed by atoms with E-state index in [0.717, 1.165) is 44.6 Å². The third kappa shape index (κ3) is 3.86. The van der Waals surface area contributed by atoms with Crippen LogP contribution in [0.1, 0.15) is 54.9 Å². The summed E-state index contributed by atoms with van der Waals surface area (Å²) in [5, 5.41) is 10.4. The van der Waals surface area contributed by atoms with Crippen LogP contribution in [0.5, 0.6) is 0 Å². The Morgan fingerprint density at radius 1 is 1.09 bits per heavy atom. The Morgan fingerprint density at radius 2 is 1.88 bits per heavy atom. The molecule has 1 amide bonds. The summed E-state index contributed by atoms with van der Waals surface area (Å²) in [5.74, 6) is -2.00. The number of carbonyl (C=O) groups is 1. The minimum atomic E-state index is -0.825. The largest absolute Gasteiger partial charge is 0.365 e. The van der Waals surface area contributed by atoms with Crippen LogP contribution in [-0.4, -0.2) is 32.8 Å². The SMILES string of the molecule is NC(=O)c1cc(F)c(N[C@@H]2CCCC[C@@H]2N)nc1Nc1ccc2c(c1)c(F)nn2C1CC1. The minimum absolute atomic E-state index is 0.00587. The van der Waals surface area contributed by atoms with Crippen molar-refractivity contribution < 1.29 is 13.6 Å². The number of anilines is 3. The van der Waals surface area contributed by atoms with E-state index in [1.54, 1.807) is 22.9 Å². The number of nitrogens with one attached hydrogen (secondary N) is 2. The Hall–Kier alpha value is -3.27. The summed E-state index contributed by atoms with van der Waals surface area (Å²) in [6, 6.07) is 6.17. The molecular formula is C22H25F2N7O. The second kappa shape index (κ2) is 8.01. The number of hydrogen-bond acceptors (Lipinski definition) is 6. The van der Waals surface area contributed by atoms with Gasteiger partial charge in [0.15, 0.2) is 11.6 Å². The highest BCUT2D eigenvalue weighted by atomic mass is 19.1. The summed E-state index contributed by atoms with van der Waals surface area (Å²) in [5.41, 5.74) is 12.7. The third-order valence-corrected chi connectivity index (χ3v) is 6.20. The summed E-state index contributed by atoms with van der Waals surface area (Å²) >= 11 is 0. The number of nitrogens with two attached hydrogens (primary N) is 2. The first kappa shape index (κ1) is 20.6. The van der Waals surface area contributed by atoms with Crippen molar-refractivity contribution in [3.05, 3.63) is 41.6 Å². The van der Waals surface area contributed by atoms with Crippen molar-refractivity contribution in [2.24, 2.45) is 11.5 Å². The molecule has 3 aromatic rings. The Morgan fingerprint density at radius 3 is 2.59 bits per heavy atom. The highest BCUT2D eigenvalue weighted by Crippen LogP contribution is 2.38. The van der Waals surface area contributed by atoms with Gasteiger partial charge in [0.1, 0.15) is 5.82 Å². The van der Waals surface area contributed by atoms with Crippen LogP contribution in [0.15, 0.2) is 24.3 Å². The lowest BCUT2D eigenvalue weighted by molar-refractivity contribution is 0.100. The van der Waals surface area contributed by atoms with Crippen molar-refractivity contribution in [3.63, 3.8) is 0 Å². The van der Waals surface area contributed by atoms with Gasteiger partial charge in [-0.15, -0.1) is 5.10 Å². The molecule has 32 heavy (non-hydrogen) atoms. The molecule has 0 radical (unpaired) electrons. The lowest BCUT2D eigenvalue weighted by Gasteiger charge is -2.30. The van der Waals surface area contributed by atoms with E-state index in [1.807, 2.05) is 0 Å². The Bertz CT molecular complexity index is 1190. The molecule has 2 atom stereocenters. The second-order valence-corrected chi connectivity index (χ2v) is 8.60. The van der Waals surface area contributed by atoms with Gasteiger partial charge in [0, 0.05) is 17.8 Å². The Kier molecular flexibility index (Phi) is 5.16. The summed E-state index contributed by atoms with van der Waals surface area (Å²) in [6.07, 6.45) is 5.67. The van der Waals surface area contributed by atoms with Crippen LogP contribution < -0.4 is 22.1 Å². The van der Waals surface area contributed by atoms with Crippen LogP contribution >= 0.6 is 0 Å². The standard InChI is InChI=1S/C22H25F2N7O/c23-15-10-14(20(26)32)21(29-22(15)28-17-4-2-1-3-16(17)25)27-11-5-8-18-13(9-11)19(24)30-31(18)12-6-7-12/h5,8-10,12,16-17H,1-4,6-7,25H2,(H2,26,32)(H2,27,28,29)/t16-,17+/m0/s1. The first-order valence-electron chi connectivity index (χ1n) is 10.9. The number of carbonyl (C=O) groups excluding carboxylic acids is 1. The molecule has 2 aliphatic carbocycles. The van der Waals surface area contributed by atoms with E-state index >= 15 is 0 Å². The van der Waals surface area contributed by atoms with Crippen LogP contribution in [0.2, 0.25) is 0 Å². The fourth-order valence-electron chi connectivity index (χ4n) is 4.30. The Balaban J connectivity index is 1.47. The number of aromatic nitrogens is 3. The van der Waals surface area contributed by atoms with Crippen LogP contribution in [0.25, 0.3) is 10.9 Å². The van der Waals surface area contributed by atoms with Gasteiger partial charge in [-0.2, -0.15) is 4.39 Å². The average molecular weight is 441 g/mol. The smallest absolute Gasteiger partial charge is 0.252 e. The van der Waals surface area contributed by atoms with E-state index in [0.29, 0.717) is 16.6 Å². The fourth-order valence-corrected chi connectivity index (χ4v) is 4.30. The molecule has 1 aromatic carbocycles. The monoisotopic (exact) mass is 441 g/mol. The predicted molar refractivity (Wildman–Crippen MR) is 118 cm³/mol. The second-order valence-electron chi connectivity index (χ2n) is 8.60. The zero-order valence-corrected chi connectivity index (χ0v) is 17.4. The number of benzene rings is 1. The highest BCUT2D eigenvalue weighted by molar-refractivity contribution is 5.99. The molecule has 5 rings (SSSR count). The molecule has 2 aliphatic rings. The van der Waals surface area contributed by atoms with E-state index in [9.17, 15) is 13.6 Å². The van der Waals surface area contributed by atoms with Crippen LogP contribution in [-0.2, 0) is 0 Å². The molecule has 0 unspecified atom stereocenters. The van der Waals surface area contributed by atoms with Gasteiger partial charge < -0.3 is 22.1 Å². The van der Waals surface area contributed by atoms with Crippen molar-refractivity contribution in [2.75, 3.05) is 10.6 Å². The van der Waals surface area contributed by atoms with Crippen LogP contribution in [0.3, 0.4) is 0 Å². The molecule has 8 nitrogen and oxygen atoms in total. The zero-order valence-electron chi connectivity index (χ0n) is 17.4. The number of fused-ring (bicyclic) bond motifs is 1. The van der Waals surface area contributed by atoms with Gasteiger partial charge in [0.2, 0.25) is 5.95 Å². The number of pyridine rings is 1. The van der Waals surface area contributed by atoms with Gasteiger partial charge in [-0.25, -0.2) is 9.37 Å². The number of nitrogens with zero attached hydrogens (tertiary/aromatic N) is 3. The van der Waals surface area contributed by atoms with Crippen molar-refractivity contribution >= 4 is 34.1 Å². The fraction of sp³-hybridized carbons (Fsp3) is 0.409. The van der Waals surface area contributed by atoms with E-state index in [-0.39, 0.29) is 35.3 Å². The number of amides is 1. The van der Waals surface area contributed by atoms with Crippen molar-refractivity contribution in [1.82, 2.24) is 14.8 Å². The predicted octanol–water partition coefficient (Wildman–Crippen LogP) is 3.57. The summed E-state index contributed by atoms with van der Waals surface area (Å²) in [7, 11) is 0. The number of rotatable bonds is 6. The summed E-state index contributed by atoms with van der Waals surface area (Å²) in [6.45, 7) is 0. The lowest BCUT2D eigenvalue weighted by Crippen LogP contribution is -2.43. The quantitative estimate of drug-likeness (QED) is 0.464. The average Bonchev–Trinajstić information content (AvgIpc) is 3.56. The number of halogens is 2. The molecule has 168 valence electrons. The molecule has 2 fully saturated rings. The maximum atomic E-state index is 14.7. The van der Waals surface area contributed by atoms with Gasteiger partial charge in [0.25, 0.3) is 5.91 Å². The molecule has 2 aromatic heterocycles. The summed E-state index contributed by atoms with van der Waals surface area (Å²) in [4.78, 5) is 16.2. The molecule has 0 bridgehead atoms. The summed E-state index contributed by atoms with van der Waals surface area (Å²) < 4.78 is 30.8. The Labute approximate surface area is 183 Å². The van der Waals surface area contributed by atoms with Crippen LogP contribution in [0.4, 0.5) is 26.1 Å². The zero-order chi connectivity index (χ0) is 22.4. The molecule has 2 heterocycles. The molecule has 10 heteroatoms. The third-order valence-electron chi connectivity index (χ3n) is 6.20. The minimum Gasteiger partial charge on any atom is -0.365 e. The molecule has 2 saturated carbocycles. The number of hydrogen-bond donors (Lipinski definition) is 4. The first-order chi connectivity index (χ1) is 15.4. The molecule has 0 spiro atoms. The molecule has 6 N–H and O–H groups in total. The van der Waals surface area contributed by atoms with E-state index in [4.69, 9.17) is 11.5 Å². The van der Waals surface area contributed by atoms with E-state index in [2.05, 4.69) is 20.7 Å². The van der Waals surface area contributed by atoms with Gasteiger partial charge in [-0.1, -0.05) is 12.8 Å². The topological polar surface area (TPSA) is 124 Å². The van der Waals surface area contributed by atoms with Crippen molar-refractivity contribution in [3.8, 4) is 0 Å². The van der Waals surface area contributed by atoms with E-state index < -0.39 is 17.7 Å². The maximum absolute atomic E-state index is 14.7. The molecule has 0 aliphatic heterocycles. The highest BCUT2D eigenvalue weighted by Gasteiger charge is 2.28. The normalized spacial score (nSPS) is 21.0. The molecule has 0 saturated heterocycles. The van der Waals surface area contributed by atoms with Gasteiger partial charge in [0.05, 0.1) is 22.5 Å². The van der Waals surface area contributed by atoms with Gasteiger partial charge in [-0.3, -0.25) is 9.48 Å². The molecular weight excluding hydrogens is 416 g/mol. The van der Waals surface area contributed by atoms with Gasteiger partial charge in [-0.05, 0) is 49.9 Å². The first-order valence-corrected chi connectivity index (χ1v) is 10.9. The lowest BCUT2D eigenvalue weighted by atomic mass is 9.91. The van der Waals surface area contributed by atoms with Gasteiger partial charge >= 0.3 is 0 Å².